The fourth-order valence-corrected chi connectivity index (χ4v) is 1.93. The van der Waals surface area contributed by atoms with Gasteiger partial charge in [-0.1, -0.05) is 23.7 Å². The first-order chi connectivity index (χ1) is 8.15. The van der Waals surface area contributed by atoms with E-state index in [0.717, 1.165) is 23.1 Å². The molecule has 1 unspecified atom stereocenters. The lowest BCUT2D eigenvalue weighted by Crippen LogP contribution is -2.17. The lowest BCUT2D eigenvalue weighted by Gasteiger charge is -2.13. The van der Waals surface area contributed by atoms with E-state index < -0.39 is 0 Å². The Kier molecular flexibility index (Phi) is 3.87. The number of rotatable bonds is 4. The van der Waals surface area contributed by atoms with Crippen LogP contribution in [0.2, 0.25) is 5.02 Å². The van der Waals surface area contributed by atoms with Gasteiger partial charge in [0.05, 0.1) is 6.54 Å². The second-order valence-electron chi connectivity index (χ2n) is 4.17. The third-order valence-corrected chi connectivity index (χ3v) is 2.96. The Morgan fingerprint density at radius 2 is 2.12 bits per heavy atom. The van der Waals surface area contributed by atoms with E-state index in [-0.39, 0.29) is 6.04 Å². The summed E-state index contributed by atoms with van der Waals surface area (Å²) in [5, 5.41) is 4.17. The standard InChI is InChI=1S/C14H16ClNO/c1-10-6-7-14(17-10)9-16-11(2)12-4-3-5-13(15)8-12/h3-8,11,16H,9H2,1-2H3. The molecule has 17 heavy (non-hydrogen) atoms. The van der Waals surface area contributed by atoms with Crippen LogP contribution < -0.4 is 5.32 Å². The summed E-state index contributed by atoms with van der Waals surface area (Å²) in [6.45, 7) is 4.78. The first kappa shape index (κ1) is 12.2. The maximum absolute atomic E-state index is 5.96. The highest BCUT2D eigenvalue weighted by atomic mass is 35.5. The van der Waals surface area contributed by atoms with Gasteiger partial charge in [0.1, 0.15) is 11.5 Å². The molecule has 0 saturated heterocycles. The molecule has 1 aromatic carbocycles. The van der Waals surface area contributed by atoms with Crippen molar-refractivity contribution in [3.05, 3.63) is 58.5 Å². The van der Waals surface area contributed by atoms with Gasteiger partial charge in [-0.2, -0.15) is 0 Å². The van der Waals surface area contributed by atoms with Gasteiger partial charge in [-0.3, -0.25) is 0 Å². The second-order valence-corrected chi connectivity index (χ2v) is 4.61. The van der Waals surface area contributed by atoms with E-state index in [1.54, 1.807) is 0 Å². The van der Waals surface area contributed by atoms with E-state index in [9.17, 15) is 0 Å². The van der Waals surface area contributed by atoms with Crippen LogP contribution in [0.3, 0.4) is 0 Å². The van der Waals surface area contributed by atoms with E-state index >= 15 is 0 Å². The summed E-state index contributed by atoms with van der Waals surface area (Å²) < 4.78 is 5.50. The van der Waals surface area contributed by atoms with Crippen LogP contribution in [0.25, 0.3) is 0 Å². The maximum atomic E-state index is 5.96. The zero-order valence-corrected chi connectivity index (χ0v) is 10.8. The number of benzene rings is 1. The number of halogens is 1. The lowest BCUT2D eigenvalue weighted by atomic mass is 10.1. The average molecular weight is 250 g/mol. The van der Waals surface area contributed by atoms with Gasteiger partial charge in [-0.15, -0.1) is 0 Å². The van der Waals surface area contributed by atoms with Gasteiger partial charge >= 0.3 is 0 Å². The molecule has 0 aliphatic carbocycles. The molecule has 1 N–H and O–H groups in total. The molecule has 0 bridgehead atoms. The summed E-state index contributed by atoms with van der Waals surface area (Å²) in [5.41, 5.74) is 1.18. The van der Waals surface area contributed by atoms with Crippen LogP contribution in [0.15, 0.2) is 40.8 Å². The Hall–Kier alpha value is -1.25. The van der Waals surface area contributed by atoms with E-state index in [2.05, 4.69) is 18.3 Å². The van der Waals surface area contributed by atoms with Crippen molar-refractivity contribution in [2.45, 2.75) is 26.4 Å². The molecular formula is C14H16ClNO. The average Bonchev–Trinajstić information content (AvgIpc) is 2.72. The molecule has 1 aromatic heterocycles. The fraction of sp³-hybridized carbons (Fsp3) is 0.286. The lowest BCUT2D eigenvalue weighted by molar-refractivity contribution is 0.444. The van der Waals surface area contributed by atoms with Crippen molar-refractivity contribution in [2.24, 2.45) is 0 Å². The Bertz CT molecular complexity index is 492. The SMILES string of the molecule is Cc1ccc(CNC(C)c2cccc(Cl)c2)o1. The zero-order chi connectivity index (χ0) is 12.3. The van der Waals surface area contributed by atoms with Crippen LogP contribution in [-0.2, 0) is 6.54 Å². The van der Waals surface area contributed by atoms with E-state index in [0.29, 0.717) is 0 Å². The van der Waals surface area contributed by atoms with Crippen molar-refractivity contribution >= 4 is 11.6 Å². The van der Waals surface area contributed by atoms with Gasteiger partial charge < -0.3 is 9.73 Å². The van der Waals surface area contributed by atoms with Crippen molar-refractivity contribution in [3.63, 3.8) is 0 Å². The number of nitrogens with one attached hydrogen (secondary N) is 1. The third-order valence-electron chi connectivity index (χ3n) is 2.73. The second kappa shape index (κ2) is 5.39. The van der Waals surface area contributed by atoms with Crippen molar-refractivity contribution < 1.29 is 4.42 Å². The number of furan rings is 1. The van der Waals surface area contributed by atoms with Gasteiger partial charge in [-0.05, 0) is 43.7 Å². The smallest absolute Gasteiger partial charge is 0.117 e. The molecule has 1 heterocycles. The van der Waals surface area contributed by atoms with Crippen molar-refractivity contribution in [3.8, 4) is 0 Å². The predicted octanol–water partition coefficient (Wildman–Crippen LogP) is 4.09. The summed E-state index contributed by atoms with van der Waals surface area (Å²) >= 11 is 5.96. The Balaban J connectivity index is 1.95. The third kappa shape index (κ3) is 3.35. The van der Waals surface area contributed by atoms with E-state index in [4.69, 9.17) is 16.0 Å². The minimum absolute atomic E-state index is 0.249. The van der Waals surface area contributed by atoms with Gasteiger partial charge in [-0.25, -0.2) is 0 Å². The van der Waals surface area contributed by atoms with Crippen LogP contribution in [0, 0.1) is 6.92 Å². The molecule has 90 valence electrons. The molecule has 0 spiro atoms. The summed E-state index contributed by atoms with van der Waals surface area (Å²) in [6, 6.07) is 12.1. The Morgan fingerprint density at radius 1 is 1.29 bits per heavy atom. The minimum atomic E-state index is 0.249. The topological polar surface area (TPSA) is 25.2 Å². The van der Waals surface area contributed by atoms with E-state index in [1.807, 2.05) is 37.3 Å². The zero-order valence-electron chi connectivity index (χ0n) is 10.0. The van der Waals surface area contributed by atoms with Crippen LogP contribution in [0.4, 0.5) is 0 Å². The first-order valence-corrected chi connectivity index (χ1v) is 6.07. The normalized spacial score (nSPS) is 12.6. The number of hydrogen-bond donors (Lipinski definition) is 1. The monoisotopic (exact) mass is 249 g/mol. The largest absolute Gasteiger partial charge is 0.465 e. The molecule has 2 aromatic rings. The molecule has 0 aliphatic heterocycles. The van der Waals surface area contributed by atoms with Crippen molar-refractivity contribution in [2.75, 3.05) is 0 Å². The molecule has 2 nitrogen and oxygen atoms in total. The molecule has 0 amide bonds. The van der Waals surface area contributed by atoms with Crippen molar-refractivity contribution in [1.82, 2.24) is 5.32 Å². The molecule has 1 atom stereocenters. The highest BCUT2D eigenvalue weighted by Crippen LogP contribution is 2.18. The van der Waals surface area contributed by atoms with Gasteiger partial charge in [0.15, 0.2) is 0 Å². The summed E-state index contributed by atoms with van der Waals surface area (Å²) in [5.74, 6) is 1.90. The molecule has 0 saturated carbocycles. The molecular weight excluding hydrogens is 234 g/mol. The Labute approximate surface area is 107 Å². The highest BCUT2D eigenvalue weighted by molar-refractivity contribution is 6.30. The van der Waals surface area contributed by atoms with Gasteiger partial charge in [0, 0.05) is 11.1 Å². The van der Waals surface area contributed by atoms with Crippen LogP contribution in [0.1, 0.15) is 30.0 Å². The fourth-order valence-electron chi connectivity index (χ4n) is 1.73. The van der Waals surface area contributed by atoms with Gasteiger partial charge in [0.2, 0.25) is 0 Å². The minimum Gasteiger partial charge on any atom is -0.465 e. The van der Waals surface area contributed by atoms with Crippen LogP contribution in [-0.4, -0.2) is 0 Å². The summed E-state index contributed by atoms with van der Waals surface area (Å²) in [6.07, 6.45) is 0. The Morgan fingerprint density at radius 3 is 2.76 bits per heavy atom. The molecule has 0 fully saturated rings. The number of aryl methyl sites for hydroxylation is 1. The molecule has 3 heteroatoms. The van der Waals surface area contributed by atoms with Gasteiger partial charge in [0.25, 0.3) is 0 Å². The molecule has 0 radical (unpaired) electrons. The van der Waals surface area contributed by atoms with Crippen LogP contribution >= 0.6 is 11.6 Å². The maximum Gasteiger partial charge on any atom is 0.117 e. The summed E-state index contributed by atoms with van der Waals surface area (Å²) in [4.78, 5) is 0. The highest BCUT2D eigenvalue weighted by Gasteiger charge is 2.06. The first-order valence-electron chi connectivity index (χ1n) is 5.69. The predicted molar refractivity (Wildman–Crippen MR) is 70.2 cm³/mol. The molecule has 0 aliphatic rings. The van der Waals surface area contributed by atoms with Crippen molar-refractivity contribution in [1.29, 1.82) is 0 Å². The summed E-state index contributed by atoms with van der Waals surface area (Å²) in [7, 11) is 0. The quantitative estimate of drug-likeness (QED) is 0.883. The number of hydrogen-bond acceptors (Lipinski definition) is 2. The van der Waals surface area contributed by atoms with E-state index in [1.165, 1.54) is 5.56 Å². The van der Waals surface area contributed by atoms with Crippen LogP contribution in [0.5, 0.6) is 0 Å². The molecule has 2 rings (SSSR count).